The van der Waals surface area contributed by atoms with Crippen molar-refractivity contribution in [3.8, 4) is 0 Å². The van der Waals surface area contributed by atoms with Crippen LogP contribution >= 0.6 is 7.82 Å². The van der Waals surface area contributed by atoms with E-state index in [4.69, 9.17) is 18.7 Å². The van der Waals surface area contributed by atoms with Crippen molar-refractivity contribution in [2.24, 2.45) is 5.41 Å². The van der Waals surface area contributed by atoms with Gasteiger partial charge < -0.3 is 5.11 Å². The van der Waals surface area contributed by atoms with Crippen LogP contribution in [0.25, 0.3) is 0 Å². The fraction of sp³-hybridized carbons (Fsp3) is 0.400. The van der Waals surface area contributed by atoms with Crippen LogP contribution in [0.1, 0.15) is 31.4 Å². The van der Waals surface area contributed by atoms with E-state index in [-0.39, 0.29) is 31.8 Å². The summed E-state index contributed by atoms with van der Waals surface area (Å²) >= 11 is 0. The quantitative estimate of drug-likeness (QED) is 0.560. The molecule has 2 aromatic carbocycles. The van der Waals surface area contributed by atoms with Crippen molar-refractivity contribution in [2.45, 2.75) is 33.5 Å². The summed E-state index contributed by atoms with van der Waals surface area (Å²) in [6.45, 7) is 4.33. The Labute approximate surface area is 155 Å². The lowest BCUT2D eigenvalue weighted by molar-refractivity contribution is 0.0635. The van der Waals surface area contributed by atoms with Gasteiger partial charge in [-0.2, -0.15) is 0 Å². The molecule has 0 spiro atoms. The van der Waals surface area contributed by atoms with E-state index in [0.29, 0.717) is 6.42 Å². The number of aliphatic hydroxyl groups is 1. The first kappa shape index (κ1) is 20.8. The predicted molar refractivity (Wildman–Crippen MR) is 102 cm³/mol. The summed E-state index contributed by atoms with van der Waals surface area (Å²) in [5, 5.41) is 9.15. The fourth-order valence-corrected chi connectivity index (χ4v) is 3.54. The molecule has 5 nitrogen and oxygen atoms in total. The van der Waals surface area contributed by atoms with E-state index < -0.39 is 7.82 Å². The summed E-state index contributed by atoms with van der Waals surface area (Å²) in [6.07, 6.45) is 0.532. The van der Waals surface area contributed by atoms with Crippen molar-refractivity contribution in [3.05, 3.63) is 71.8 Å². The van der Waals surface area contributed by atoms with Gasteiger partial charge in [-0.1, -0.05) is 74.5 Å². The zero-order chi connectivity index (χ0) is 18.9. The lowest BCUT2D eigenvalue weighted by Gasteiger charge is -2.26. The molecule has 2 aromatic rings. The molecule has 0 radical (unpaired) electrons. The maximum absolute atomic E-state index is 13.1. The summed E-state index contributed by atoms with van der Waals surface area (Å²) in [5.41, 5.74) is 1.43. The van der Waals surface area contributed by atoms with Crippen LogP contribution in [0.3, 0.4) is 0 Å². The summed E-state index contributed by atoms with van der Waals surface area (Å²) < 4.78 is 29.8. The van der Waals surface area contributed by atoms with Crippen LogP contribution in [0.2, 0.25) is 0 Å². The normalized spacial score (nSPS) is 12.3. The van der Waals surface area contributed by atoms with Crippen LogP contribution in [-0.2, 0) is 31.4 Å². The van der Waals surface area contributed by atoms with E-state index >= 15 is 0 Å². The monoisotopic (exact) mass is 378 g/mol. The molecule has 6 heteroatoms. The second kappa shape index (κ2) is 10.0. The molecule has 0 aromatic heterocycles. The van der Waals surface area contributed by atoms with Crippen molar-refractivity contribution in [1.29, 1.82) is 0 Å². The Balaban J connectivity index is 2.02. The minimum atomic E-state index is -3.75. The van der Waals surface area contributed by atoms with Gasteiger partial charge in [-0.15, -0.1) is 0 Å². The second-order valence-electron chi connectivity index (χ2n) is 6.88. The van der Waals surface area contributed by atoms with Gasteiger partial charge in [-0.25, -0.2) is 4.57 Å². The molecule has 0 bridgehead atoms. The van der Waals surface area contributed by atoms with Gasteiger partial charge in [0.1, 0.15) is 0 Å². The van der Waals surface area contributed by atoms with Crippen LogP contribution in [0, 0.1) is 5.41 Å². The second-order valence-corrected chi connectivity index (χ2v) is 8.55. The highest BCUT2D eigenvalue weighted by Crippen LogP contribution is 2.52. The maximum Gasteiger partial charge on any atom is 0.475 e. The Morgan fingerprint density at radius 2 is 1.31 bits per heavy atom. The van der Waals surface area contributed by atoms with Gasteiger partial charge in [0.25, 0.3) is 0 Å². The van der Waals surface area contributed by atoms with E-state index in [9.17, 15) is 4.57 Å². The van der Waals surface area contributed by atoms with E-state index in [1.54, 1.807) is 0 Å². The zero-order valence-corrected chi connectivity index (χ0v) is 16.2. The molecule has 0 saturated carbocycles. The molecule has 0 aliphatic heterocycles. The number of benzene rings is 2. The Bertz CT molecular complexity index is 640. The molecule has 0 atom stereocenters. The van der Waals surface area contributed by atoms with Crippen molar-refractivity contribution in [2.75, 3.05) is 13.2 Å². The summed E-state index contributed by atoms with van der Waals surface area (Å²) in [7, 11) is -3.75. The molecular formula is C20H27O5P. The molecule has 26 heavy (non-hydrogen) atoms. The minimum absolute atomic E-state index is 0.0381. The maximum atomic E-state index is 13.1. The Morgan fingerprint density at radius 1 is 0.846 bits per heavy atom. The highest BCUT2D eigenvalue weighted by Gasteiger charge is 2.30. The van der Waals surface area contributed by atoms with Crippen molar-refractivity contribution >= 4 is 7.82 Å². The van der Waals surface area contributed by atoms with Crippen molar-refractivity contribution in [1.82, 2.24) is 0 Å². The molecule has 0 saturated heterocycles. The number of rotatable bonds is 11. The largest absolute Gasteiger partial charge is 0.475 e. The van der Waals surface area contributed by atoms with Gasteiger partial charge >= 0.3 is 7.82 Å². The smallest absolute Gasteiger partial charge is 0.396 e. The van der Waals surface area contributed by atoms with Crippen LogP contribution < -0.4 is 0 Å². The summed E-state index contributed by atoms with van der Waals surface area (Å²) in [6, 6.07) is 18.9. The molecule has 0 aliphatic rings. The number of aliphatic hydroxyl groups excluding tert-OH is 1. The Morgan fingerprint density at radius 3 is 1.73 bits per heavy atom. The van der Waals surface area contributed by atoms with Crippen LogP contribution in [0.15, 0.2) is 60.7 Å². The average Bonchev–Trinajstić information content (AvgIpc) is 2.65. The van der Waals surface area contributed by atoms with E-state index in [2.05, 4.69) is 0 Å². The number of phosphoric ester groups is 1. The molecule has 0 unspecified atom stereocenters. The highest BCUT2D eigenvalue weighted by atomic mass is 31.2. The summed E-state index contributed by atoms with van der Waals surface area (Å²) in [4.78, 5) is 0. The highest BCUT2D eigenvalue weighted by molar-refractivity contribution is 7.48. The Kier molecular flexibility index (Phi) is 8.01. The number of phosphoric acid groups is 1. The van der Waals surface area contributed by atoms with Gasteiger partial charge in [0.15, 0.2) is 0 Å². The van der Waals surface area contributed by atoms with E-state index in [0.717, 1.165) is 11.1 Å². The van der Waals surface area contributed by atoms with E-state index in [1.807, 2.05) is 74.5 Å². The summed E-state index contributed by atoms with van der Waals surface area (Å²) in [5.74, 6) is 0. The third-order valence-corrected chi connectivity index (χ3v) is 5.20. The molecule has 0 aliphatic carbocycles. The van der Waals surface area contributed by atoms with Crippen molar-refractivity contribution < 1.29 is 23.2 Å². The molecule has 0 heterocycles. The van der Waals surface area contributed by atoms with Crippen LogP contribution in [0.4, 0.5) is 0 Å². The predicted octanol–water partition coefficient (Wildman–Crippen LogP) is 4.95. The minimum Gasteiger partial charge on any atom is -0.396 e. The third-order valence-electron chi connectivity index (χ3n) is 3.87. The van der Waals surface area contributed by atoms with E-state index in [1.165, 1.54) is 0 Å². The van der Waals surface area contributed by atoms with Gasteiger partial charge in [0.05, 0.1) is 19.8 Å². The van der Waals surface area contributed by atoms with Crippen LogP contribution in [0.5, 0.6) is 0 Å². The molecular weight excluding hydrogens is 351 g/mol. The first-order chi connectivity index (χ1) is 12.4. The molecule has 2 rings (SSSR count). The zero-order valence-electron chi connectivity index (χ0n) is 15.3. The fourth-order valence-electron chi connectivity index (χ4n) is 2.20. The standard InChI is InChI=1S/C20H27O5P/c1-20(2,13-14-21)17-25-26(22,23-15-18-9-5-3-6-10-18)24-16-19-11-7-4-8-12-19/h3-12,21H,13-17H2,1-2H3. The first-order valence-electron chi connectivity index (χ1n) is 8.65. The lowest BCUT2D eigenvalue weighted by atomic mass is 9.91. The van der Waals surface area contributed by atoms with Crippen molar-refractivity contribution in [3.63, 3.8) is 0 Å². The van der Waals surface area contributed by atoms with Crippen LogP contribution in [-0.4, -0.2) is 18.3 Å². The third kappa shape index (κ3) is 7.40. The average molecular weight is 378 g/mol. The molecule has 1 N–H and O–H groups in total. The number of hydrogen-bond donors (Lipinski definition) is 1. The lowest BCUT2D eigenvalue weighted by Crippen LogP contribution is -2.20. The van der Waals surface area contributed by atoms with Gasteiger partial charge in [0, 0.05) is 6.61 Å². The van der Waals surface area contributed by atoms with Gasteiger partial charge in [0.2, 0.25) is 0 Å². The number of hydrogen-bond acceptors (Lipinski definition) is 5. The first-order valence-corrected chi connectivity index (χ1v) is 10.1. The Hall–Kier alpha value is -1.49. The molecule has 142 valence electrons. The SMILES string of the molecule is CC(C)(CCO)COP(=O)(OCc1ccccc1)OCc1ccccc1. The van der Waals surface area contributed by atoms with Gasteiger partial charge in [-0.3, -0.25) is 13.6 Å². The molecule has 0 amide bonds. The topological polar surface area (TPSA) is 65.0 Å². The van der Waals surface area contributed by atoms with Gasteiger partial charge in [-0.05, 0) is 23.0 Å². The molecule has 0 fully saturated rings.